The number of aromatic nitrogens is 3. The lowest BCUT2D eigenvalue weighted by Gasteiger charge is -2.07. The van der Waals surface area contributed by atoms with E-state index in [-0.39, 0.29) is 10.7 Å². The molecule has 0 unspecified atom stereocenters. The van der Waals surface area contributed by atoms with E-state index in [4.69, 9.17) is 4.42 Å². The van der Waals surface area contributed by atoms with Crippen LogP contribution in [0.4, 0.5) is 13.2 Å². The van der Waals surface area contributed by atoms with Crippen molar-refractivity contribution in [2.45, 2.75) is 23.9 Å². The first-order valence-corrected chi connectivity index (χ1v) is 7.02. The fraction of sp³-hybridized carbons (Fsp3) is 0.231. The van der Waals surface area contributed by atoms with Gasteiger partial charge in [-0.3, -0.25) is 0 Å². The van der Waals surface area contributed by atoms with Crippen molar-refractivity contribution >= 4 is 22.8 Å². The largest absolute Gasteiger partial charge is 0.468 e. The number of H-pyrrole nitrogens is 1. The van der Waals surface area contributed by atoms with E-state index in [1.165, 1.54) is 18.0 Å². The van der Waals surface area contributed by atoms with Crippen LogP contribution < -0.4 is 0 Å². The van der Waals surface area contributed by atoms with Gasteiger partial charge in [-0.25, -0.2) is 9.97 Å². The minimum absolute atomic E-state index is 0.191. The standard InChI is InChI=1S/C13H10F3N3OS/c1-7-5-9-10(17-7)18-12(13(14,15)16)19-11(9)21-6-8-3-2-4-20-8/h2-5H,6H2,1H3,(H,17,18,19). The van der Waals surface area contributed by atoms with E-state index in [1.54, 1.807) is 25.1 Å². The molecule has 0 spiro atoms. The summed E-state index contributed by atoms with van der Waals surface area (Å²) in [5.74, 6) is -0.0629. The van der Waals surface area contributed by atoms with Gasteiger partial charge in [0, 0.05) is 5.69 Å². The zero-order valence-electron chi connectivity index (χ0n) is 10.9. The molecule has 0 aliphatic heterocycles. The number of aryl methyl sites for hydroxylation is 1. The number of nitrogens with zero attached hydrogens (tertiary/aromatic N) is 2. The van der Waals surface area contributed by atoms with Crippen molar-refractivity contribution in [3.05, 3.63) is 41.7 Å². The molecule has 3 heterocycles. The molecule has 0 atom stereocenters. The van der Waals surface area contributed by atoms with Gasteiger partial charge in [0.2, 0.25) is 5.82 Å². The molecule has 0 saturated heterocycles. The van der Waals surface area contributed by atoms with Crippen molar-refractivity contribution in [1.82, 2.24) is 15.0 Å². The van der Waals surface area contributed by atoms with Crippen molar-refractivity contribution in [2.24, 2.45) is 0 Å². The summed E-state index contributed by atoms with van der Waals surface area (Å²) in [5.41, 5.74) is 0.926. The van der Waals surface area contributed by atoms with Crippen molar-refractivity contribution in [3.63, 3.8) is 0 Å². The average molecular weight is 313 g/mol. The van der Waals surface area contributed by atoms with Crippen LogP contribution in [0.1, 0.15) is 17.3 Å². The highest BCUT2D eigenvalue weighted by atomic mass is 32.2. The summed E-state index contributed by atoms with van der Waals surface area (Å²) < 4.78 is 43.7. The van der Waals surface area contributed by atoms with Crippen LogP contribution in [0.25, 0.3) is 11.0 Å². The smallest absolute Gasteiger partial charge is 0.451 e. The summed E-state index contributed by atoms with van der Waals surface area (Å²) in [5, 5.41) is 0.866. The Morgan fingerprint density at radius 1 is 1.33 bits per heavy atom. The average Bonchev–Trinajstić information content (AvgIpc) is 3.02. The SMILES string of the molecule is Cc1cc2c(SCc3ccco3)nc(C(F)(F)F)nc2[nH]1. The second-order valence-corrected chi connectivity index (χ2v) is 5.40. The maximum atomic E-state index is 12.8. The van der Waals surface area contributed by atoms with Crippen molar-refractivity contribution in [1.29, 1.82) is 0 Å². The number of alkyl halides is 3. The summed E-state index contributed by atoms with van der Waals surface area (Å²) >= 11 is 1.19. The van der Waals surface area contributed by atoms with Gasteiger partial charge in [0.15, 0.2) is 0 Å². The summed E-state index contributed by atoms with van der Waals surface area (Å²) in [4.78, 5) is 10.0. The number of rotatable bonds is 3. The summed E-state index contributed by atoms with van der Waals surface area (Å²) in [6.45, 7) is 1.76. The predicted octanol–water partition coefficient (Wildman–Crippen LogP) is 4.17. The van der Waals surface area contributed by atoms with E-state index in [1.807, 2.05) is 0 Å². The predicted molar refractivity (Wildman–Crippen MR) is 71.9 cm³/mol. The minimum atomic E-state index is -4.58. The normalized spacial score (nSPS) is 12.2. The Labute approximate surface area is 121 Å². The van der Waals surface area contributed by atoms with Crippen LogP contribution in [0.3, 0.4) is 0 Å². The molecule has 4 nitrogen and oxygen atoms in total. The van der Waals surface area contributed by atoms with E-state index < -0.39 is 12.0 Å². The minimum Gasteiger partial charge on any atom is -0.468 e. The molecule has 3 aromatic rings. The number of hydrogen-bond acceptors (Lipinski definition) is 4. The van der Waals surface area contributed by atoms with Crippen LogP contribution >= 0.6 is 11.8 Å². The topological polar surface area (TPSA) is 54.7 Å². The lowest BCUT2D eigenvalue weighted by atomic mass is 10.4. The molecule has 8 heteroatoms. The maximum absolute atomic E-state index is 12.8. The number of aromatic amines is 1. The first-order valence-electron chi connectivity index (χ1n) is 6.03. The van der Waals surface area contributed by atoms with Gasteiger partial charge in [0.05, 0.1) is 17.4 Å². The Bertz CT molecular complexity index is 765. The molecule has 3 aromatic heterocycles. The molecule has 21 heavy (non-hydrogen) atoms. The van der Waals surface area contributed by atoms with Gasteiger partial charge in [0.25, 0.3) is 0 Å². The van der Waals surface area contributed by atoms with Gasteiger partial charge < -0.3 is 9.40 Å². The number of furan rings is 1. The van der Waals surface area contributed by atoms with Gasteiger partial charge >= 0.3 is 6.18 Å². The number of thioether (sulfide) groups is 1. The third kappa shape index (κ3) is 2.90. The van der Waals surface area contributed by atoms with Crippen molar-refractivity contribution in [2.75, 3.05) is 0 Å². The van der Waals surface area contributed by atoms with Gasteiger partial charge in [-0.15, -0.1) is 0 Å². The van der Waals surface area contributed by atoms with Gasteiger partial charge in [-0.05, 0) is 25.1 Å². The van der Waals surface area contributed by atoms with E-state index >= 15 is 0 Å². The Morgan fingerprint density at radius 3 is 2.81 bits per heavy atom. The molecule has 0 bridgehead atoms. The van der Waals surface area contributed by atoms with E-state index in [0.29, 0.717) is 16.9 Å². The third-order valence-corrected chi connectivity index (χ3v) is 3.79. The fourth-order valence-corrected chi connectivity index (χ4v) is 2.79. The summed E-state index contributed by atoms with van der Waals surface area (Å²) in [7, 11) is 0. The number of halogens is 3. The van der Waals surface area contributed by atoms with E-state index in [9.17, 15) is 13.2 Å². The quantitative estimate of drug-likeness (QED) is 0.582. The van der Waals surface area contributed by atoms with Gasteiger partial charge in [-0.1, -0.05) is 11.8 Å². The number of fused-ring (bicyclic) bond motifs is 1. The monoisotopic (exact) mass is 313 g/mol. The molecule has 0 radical (unpaired) electrons. The summed E-state index contributed by atoms with van der Waals surface area (Å²) in [6.07, 6.45) is -3.06. The van der Waals surface area contributed by atoms with Crippen LogP contribution in [-0.2, 0) is 11.9 Å². The first-order chi connectivity index (χ1) is 9.93. The van der Waals surface area contributed by atoms with Gasteiger partial charge in [-0.2, -0.15) is 13.2 Å². The molecule has 1 N–H and O–H groups in total. The van der Waals surface area contributed by atoms with E-state index in [2.05, 4.69) is 15.0 Å². The van der Waals surface area contributed by atoms with Crippen LogP contribution in [0.2, 0.25) is 0 Å². The van der Waals surface area contributed by atoms with E-state index in [0.717, 1.165) is 5.69 Å². The summed E-state index contributed by atoms with van der Waals surface area (Å²) in [6, 6.07) is 5.23. The molecule has 0 amide bonds. The Balaban J connectivity index is 2.01. The molecule has 3 rings (SSSR count). The van der Waals surface area contributed by atoms with Gasteiger partial charge in [0.1, 0.15) is 16.4 Å². The highest BCUT2D eigenvalue weighted by Crippen LogP contribution is 2.33. The van der Waals surface area contributed by atoms with Crippen molar-refractivity contribution < 1.29 is 17.6 Å². The van der Waals surface area contributed by atoms with Crippen LogP contribution in [0.5, 0.6) is 0 Å². The second-order valence-electron chi connectivity index (χ2n) is 4.43. The van der Waals surface area contributed by atoms with Crippen LogP contribution in [-0.4, -0.2) is 15.0 Å². The van der Waals surface area contributed by atoms with Crippen LogP contribution in [0.15, 0.2) is 33.9 Å². The molecule has 0 aliphatic carbocycles. The molecule has 0 aromatic carbocycles. The number of nitrogens with one attached hydrogen (secondary N) is 1. The lowest BCUT2D eigenvalue weighted by Crippen LogP contribution is -2.11. The maximum Gasteiger partial charge on any atom is 0.451 e. The lowest BCUT2D eigenvalue weighted by molar-refractivity contribution is -0.145. The zero-order chi connectivity index (χ0) is 15.0. The van der Waals surface area contributed by atoms with Crippen molar-refractivity contribution in [3.8, 4) is 0 Å². The second kappa shape index (κ2) is 5.10. The van der Waals surface area contributed by atoms with Crippen LogP contribution in [0, 0.1) is 6.92 Å². The molecular formula is C13H10F3N3OS. The Hall–Kier alpha value is -1.96. The Morgan fingerprint density at radius 2 is 2.14 bits per heavy atom. The molecule has 0 aliphatic rings. The molecule has 110 valence electrons. The fourth-order valence-electron chi connectivity index (χ4n) is 1.88. The highest BCUT2D eigenvalue weighted by molar-refractivity contribution is 7.98. The number of hydrogen-bond donors (Lipinski definition) is 1. The highest BCUT2D eigenvalue weighted by Gasteiger charge is 2.35. The molecule has 0 fully saturated rings. The Kier molecular flexibility index (Phi) is 3.40. The third-order valence-electron chi connectivity index (χ3n) is 2.77. The zero-order valence-corrected chi connectivity index (χ0v) is 11.7. The first kappa shape index (κ1) is 14.0. The molecular weight excluding hydrogens is 303 g/mol. The molecule has 0 saturated carbocycles.